The number of carbonyl (C=O) groups excluding carboxylic acids is 1. The zero-order valence-corrected chi connectivity index (χ0v) is 20.7. The highest BCUT2D eigenvalue weighted by Crippen LogP contribution is 2.33. The number of halogens is 1. The predicted octanol–water partition coefficient (Wildman–Crippen LogP) is 4.51. The number of ether oxygens (including phenoxy) is 3. The lowest BCUT2D eigenvalue weighted by molar-refractivity contribution is -0.114. The molecule has 1 N–H and O–H groups in total. The minimum atomic E-state index is -4.11. The van der Waals surface area contributed by atoms with Gasteiger partial charge in [-0.05, 0) is 49.4 Å². The molecule has 0 unspecified atom stereocenters. The van der Waals surface area contributed by atoms with Crippen LogP contribution in [0.4, 0.5) is 11.4 Å². The van der Waals surface area contributed by atoms with E-state index in [4.69, 9.17) is 25.8 Å². The van der Waals surface area contributed by atoms with Crippen molar-refractivity contribution in [1.82, 2.24) is 0 Å². The van der Waals surface area contributed by atoms with Crippen molar-refractivity contribution in [3.63, 3.8) is 0 Å². The average Bonchev–Trinajstić information content (AvgIpc) is 2.82. The zero-order chi connectivity index (χ0) is 24.9. The summed E-state index contributed by atoms with van der Waals surface area (Å²) in [6, 6.07) is 15.8. The van der Waals surface area contributed by atoms with Crippen molar-refractivity contribution in [3.8, 4) is 17.2 Å². The average molecular weight is 505 g/mol. The van der Waals surface area contributed by atoms with E-state index in [1.54, 1.807) is 36.4 Å². The van der Waals surface area contributed by atoms with Crippen LogP contribution < -0.4 is 23.8 Å². The molecule has 0 atom stereocenters. The molecule has 0 fully saturated rings. The standard InChI is InChI=1S/C24H25ClN2O6S/c1-16-5-9-19(10-6-16)34(29,30)27(17-7-11-22(32-3)20(25)13-17)15-24(28)26-21-14-18(31-2)8-12-23(21)33-4/h5-14H,15H2,1-4H3,(H,26,28). The highest BCUT2D eigenvalue weighted by molar-refractivity contribution is 7.92. The molecule has 0 saturated carbocycles. The second kappa shape index (κ2) is 10.7. The molecule has 10 heteroatoms. The number of aryl methyl sites for hydroxylation is 1. The number of anilines is 2. The quantitative estimate of drug-likeness (QED) is 0.461. The Balaban J connectivity index is 2.00. The largest absolute Gasteiger partial charge is 0.497 e. The third kappa shape index (κ3) is 5.55. The molecule has 0 heterocycles. The molecule has 3 aromatic carbocycles. The minimum Gasteiger partial charge on any atom is -0.497 e. The third-order valence-corrected chi connectivity index (χ3v) is 7.08. The summed E-state index contributed by atoms with van der Waals surface area (Å²) >= 11 is 6.25. The van der Waals surface area contributed by atoms with Gasteiger partial charge in [0.25, 0.3) is 10.0 Å². The number of nitrogens with one attached hydrogen (secondary N) is 1. The van der Waals surface area contributed by atoms with Gasteiger partial charge in [0.1, 0.15) is 23.8 Å². The Labute approximate surface area is 204 Å². The number of rotatable bonds is 9. The van der Waals surface area contributed by atoms with E-state index in [0.29, 0.717) is 22.9 Å². The molecule has 34 heavy (non-hydrogen) atoms. The molecule has 3 rings (SSSR count). The predicted molar refractivity (Wildman–Crippen MR) is 132 cm³/mol. The van der Waals surface area contributed by atoms with Gasteiger partial charge < -0.3 is 19.5 Å². The van der Waals surface area contributed by atoms with Crippen molar-refractivity contribution in [2.45, 2.75) is 11.8 Å². The summed E-state index contributed by atoms with van der Waals surface area (Å²) in [5, 5.41) is 2.91. The van der Waals surface area contributed by atoms with E-state index in [2.05, 4.69) is 5.32 Å². The summed E-state index contributed by atoms with van der Waals surface area (Å²) in [5.74, 6) is 0.689. The van der Waals surface area contributed by atoms with Crippen molar-refractivity contribution in [1.29, 1.82) is 0 Å². The number of amides is 1. The molecule has 0 bridgehead atoms. The van der Waals surface area contributed by atoms with Crippen LogP contribution in [0, 0.1) is 6.92 Å². The van der Waals surface area contributed by atoms with E-state index < -0.39 is 22.5 Å². The van der Waals surface area contributed by atoms with Crippen LogP contribution in [0.5, 0.6) is 17.2 Å². The molecule has 0 aliphatic heterocycles. The first-order valence-corrected chi connectivity index (χ1v) is 12.0. The van der Waals surface area contributed by atoms with Gasteiger partial charge in [-0.2, -0.15) is 0 Å². The van der Waals surface area contributed by atoms with Crippen molar-refractivity contribution < 1.29 is 27.4 Å². The van der Waals surface area contributed by atoms with Crippen molar-refractivity contribution in [2.24, 2.45) is 0 Å². The summed E-state index contributed by atoms with van der Waals surface area (Å²) in [6.45, 7) is 1.34. The van der Waals surface area contributed by atoms with Crippen LogP contribution in [0.3, 0.4) is 0 Å². The van der Waals surface area contributed by atoms with Crippen molar-refractivity contribution in [3.05, 3.63) is 71.2 Å². The van der Waals surface area contributed by atoms with E-state index in [9.17, 15) is 13.2 Å². The van der Waals surface area contributed by atoms with E-state index in [1.165, 1.54) is 45.6 Å². The summed E-state index contributed by atoms with van der Waals surface area (Å²) in [4.78, 5) is 13.1. The monoisotopic (exact) mass is 504 g/mol. The Morgan fingerprint density at radius 3 is 2.15 bits per heavy atom. The lowest BCUT2D eigenvalue weighted by Crippen LogP contribution is -2.38. The lowest BCUT2D eigenvalue weighted by atomic mass is 10.2. The Morgan fingerprint density at radius 2 is 1.56 bits per heavy atom. The number of benzene rings is 3. The first kappa shape index (κ1) is 25.2. The molecule has 180 valence electrons. The minimum absolute atomic E-state index is 0.0387. The molecule has 3 aromatic rings. The molecule has 0 radical (unpaired) electrons. The number of sulfonamides is 1. The van der Waals surface area contributed by atoms with Gasteiger partial charge in [0, 0.05) is 6.07 Å². The number of hydrogen-bond acceptors (Lipinski definition) is 6. The first-order valence-electron chi connectivity index (χ1n) is 10.1. The highest BCUT2D eigenvalue weighted by atomic mass is 35.5. The summed E-state index contributed by atoms with van der Waals surface area (Å²) in [5.41, 5.74) is 1.45. The van der Waals surface area contributed by atoms with Gasteiger partial charge in [0.15, 0.2) is 0 Å². The number of carbonyl (C=O) groups is 1. The first-order chi connectivity index (χ1) is 16.2. The summed E-state index contributed by atoms with van der Waals surface area (Å²) in [7, 11) is 0.309. The molecule has 0 aromatic heterocycles. The fourth-order valence-electron chi connectivity index (χ4n) is 3.19. The van der Waals surface area contributed by atoms with E-state index >= 15 is 0 Å². The summed E-state index contributed by atoms with van der Waals surface area (Å²) < 4.78 is 43.7. The normalized spacial score (nSPS) is 11.0. The van der Waals surface area contributed by atoms with Crippen LogP contribution in [-0.4, -0.2) is 42.2 Å². The van der Waals surface area contributed by atoms with Crippen LogP contribution in [-0.2, 0) is 14.8 Å². The van der Waals surface area contributed by atoms with Crippen molar-refractivity contribution >= 4 is 38.9 Å². The van der Waals surface area contributed by atoms with Gasteiger partial charge in [0.05, 0.1) is 42.6 Å². The molecule has 0 aliphatic carbocycles. The van der Waals surface area contributed by atoms with Crippen LogP contribution in [0.1, 0.15) is 5.56 Å². The van der Waals surface area contributed by atoms with Gasteiger partial charge in [-0.1, -0.05) is 29.3 Å². The topological polar surface area (TPSA) is 94.2 Å². The zero-order valence-electron chi connectivity index (χ0n) is 19.2. The Hall–Kier alpha value is -3.43. The molecule has 0 spiro atoms. The van der Waals surface area contributed by atoms with Crippen molar-refractivity contribution in [2.75, 3.05) is 37.5 Å². The Kier molecular flexibility index (Phi) is 7.90. The van der Waals surface area contributed by atoms with Gasteiger partial charge >= 0.3 is 0 Å². The molecular formula is C24H25ClN2O6S. The Bertz CT molecular complexity index is 1280. The van der Waals surface area contributed by atoms with Gasteiger partial charge in [-0.25, -0.2) is 8.42 Å². The fraction of sp³-hybridized carbons (Fsp3) is 0.208. The van der Waals surface area contributed by atoms with E-state index in [-0.39, 0.29) is 15.6 Å². The van der Waals surface area contributed by atoms with Crippen LogP contribution in [0.25, 0.3) is 0 Å². The smallest absolute Gasteiger partial charge is 0.264 e. The third-order valence-electron chi connectivity index (χ3n) is 5.00. The fourth-order valence-corrected chi connectivity index (χ4v) is 4.86. The van der Waals surface area contributed by atoms with Gasteiger partial charge in [0.2, 0.25) is 5.91 Å². The van der Waals surface area contributed by atoms with E-state index in [0.717, 1.165) is 9.87 Å². The maximum absolute atomic E-state index is 13.5. The number of methoxy groups -OCH3 is 3. The number of nitrogens with zero attached hydrogens (tertiary/aromatic N) is 1. The second-order valence-electron chi connectivity index (χ2n) is 7.26. The molecule has 0 saturated heterocycles. The summed E-state index contributed by atoms with van der Waals surface area (Å²) in [6.07, 6.45) is 0. The second-order valence-corrected chi connectivity index (χ2v) is 9.53. The maximum atomic E-state index is 13.5. The SMILES string of the molecule is COc1ccc(OC)c(NC(=O)CN(c2ccc(OC)c(Cl)c2)S(=O)(=O)c2ccc(C)cc2)c1. The van der Waals surface area contributed by atoms with E-state index in [1.807, 2.05) is 6.92 Å². The molecule has 1 amide bonds. The molecule has 8 nitrogen and oxygen atoms in total. The van der Waals surface area contributed by atoms with Gasteiger partial charge in [-0.15, -0.1) is 0 Å². The molecule has 0 aliphatic rings. The maximum Gasteiger partial charge on any atom is 0.264 e. The van der Waals surface area contributed by atoms with Crippen LogP contribution >= 0.6 is 11.6 Å². The van der Waals surface area contributed by atoms with Crippen LogP contribution in [0.15, 0.2) is 65.6 Å². The molecular weight excluding hydrogens is 480 g/mol. The lowest BCUT2D eigenvalue weighted by Gasteiger charge is -2.25. The highest BCUT2D eigenvalue weighted by Gasteiger charge is 2.28. The van der Waals surface area contributed by atoms with Crippen LogP contribution in [0.2, 0.25) is 5.02 Å². The Morgan fingerprint density at radius 1 is 0.912 bits per heavy atom. The van der Waals surface area contributed by atoms with Gasteiger partial charge in [-0.3, -0.25) is 9.10 Å². The number of hydrogen-bond donors (Lipinski definition) is 1.